The number of carbonyl (C=O) groups excluding carboxylic acids is 1. The maximum atomic E-state index is 12.4. The monoisotopic (exact) mass is 387 g/mol. The van der Waals surface area contributed by atoms with Crippen LogP contribution in [0, 0.1) is 12.8 Å². The second-order valence-corrected chi connectivity index (χ2v) is 7.28. The van der Waals surface area contributed by atoms with Gasteiger partial charge in [0.25, 0.3) is 0 Å². The standard InChI is InChI=1S/C17H19NO4S2.Na/c1-12-2-4-13(5-3-12)10-14(11-23)17(19)18-15-6-8-16(9-7-15)24(20,21)22;/h2-9,14,23H,10-11H2,1H3,(H,18,19)(H,20,21,22);/q;+1/p-1. The van der Waals surface area contributed by atoms with Crippen LogP contribution < -0.4 is 34.9 Å². The van der Waals surface area contributed by atoms with Gasteiger partial charge < -0.3 is 9.87 Å². The largest absolute Gasteiger partial charge is 1.00 e. The fourth-order valence-electron chi connectivity index (χ4n) is 2.20. The topological polar surface area (TPSA) is 86.3 Å². The van der Waals surface area contributed by atoms with Crippen LogP contribution >= 0.6 is 12.6 Å². The molecule has 8 heteroatoms. The first-order valence-corrected chi connectivity index (χ1v) is 9.37. The molecule has 25 heavy (non-hydrogen) atoms. The van der Waals surface area contributed by atoms with Crippen LogP contribution in [0.15, 0.2) is 53.4 Å². The zero-order valence-electron chi connectivity index (χ0n) is 14.1. The van der Waals surface area contributed by atoms with E-state index < -0.39 is 10.1 Å². The van der Waals surface area contributed by atoms with Crippen molar-refractivity contribution in [1.29, 1.82) is 0 Å². The summed E-state index contributed by atoms with van der Waals surface area (Å²) in [5.41, 5.74) is 2.63. The number of hydrogen-bond acceptors (Lipinski definition) is 5. The van der Waals surface area contributed by atoms with E-state index in [1.807, 2.05) is 31.2 Å². The number of aryl methyl sites for hydroxylation is 1. The summed E-state index contributed by atoms with van der Waals surface area (Å²) in [4.78, 5) is 12.0. The molecule has 0 heterocycles. The summed E-state index contributed by atoms with van der Waals surface area (Å²) in [6.45, 7) is 2.00. The molecule has 0 saturated heterocycles. The van der Waals surface area contributed by atoms with Crippen molar-refractivity contribution in [1.82, 2.24) is 0 Å². The zero-order chi connectivity index (χ0) is 17.7. The maximum Gasteiger partial charge on any atom is 1.00 e. The van der Waals surface area contributed by atoms with E-state index in [0.29, 0.717) is 17.9 Å². The molecule has 0 spiro atoms. The molecule has 1 unspecified atom stereocenters. The molecule has 0 fully saturated rings. The first-order chi connectivity index (χ1) is 11.3. The van der Waals surface area contributed by atoms with E-state index in [9.17, 15) is 17.8 Å². The number of anilines is 1. The quantitative estimate of drug-likeness (QED) is 0.402. The number of nitrogens with one attached hydrogen (secondary N) is 1. The minimum Gasteiger partial charge on any atom is -0.744 e. The van der Waals surface area contributed by atoms with E-state index in [4.69, 9.17) is 0 Å². The third kappa shape index (κ3) is 6.77. The van der Waals surface area contributed by atoms with Gasteiger partial charge in [-0.15, -0.1) is 0 Å². The number of hydrogen-bond donors (Lipinski definition) is 2. The van der Waals surface area contributed by atoms with Gasteiger partial charge in [0.05, 0.1) is 10.8 Å². The second kappa shape index (κ2) is 9.75. The molecular weight excluding hydrogens is 369 g/mol. The Morgan fingerprint density at radius 3 is 2.16 bits per heavy atom. The van der Waals surface area contributed by atoms with Gasteiger partial charge >= 0.3 is 29.6 Å². The molecule has 1 N–H and O–H groups in total. The summed E-state index contributed by atoms with van der Waals surface area (Å²) in [5, 5.41) is 2.72. The fraction of sp³-hybridized carbons (Fsp3) is 0.235. The Labute approximate surface area is 175 Å². The molecule has 0 saturated carbocycles. The summed E-state index contributed by atoms with van der Waals surface area (Å²) in [5.74, 6) is -0.144. The minimum absolute atomic E-state index is 0. The number of amides is 1. The zero-order valence-corrected chi connectivity index (χ0v) is 17.8. The van der Waals surface area contributed by atoms with Crippen molar-refractivity contribution in [3.05, 3.63) is 59.7 Å². The van der Waals surface area contributed by atoms with Crippen molar-refractivity contribution in [2.45, 2.75) is 18.2 Å². The van der Waals surface area contributed by atoms with Gasteiger partial charge in [0.1, 0.15) is 10.1 Å². The molecule has 128 valence electrons. The number of rotatable bonds is 6. The van der Waals surface area contributed by atoms with E-state index in [-0.39, 0.29) is 46.3 Å². The van der Waals surface area contributed by atoms with E-state index in [0.717, 1.165) is 11.1 Å². The van der Waals surface area contributed by atoms with Crippen molar-refractivity contribution < 1.29 is 47.3 Å². The van der Waals surface area contributed by atoms with Gasteiger partial charge in [0.2, 0.25) is 5.91 Å². The third-order valence-electron chi connectivity index (χ3n) is 3.60. The second-order valence-electron chi connectivity index (χ2n) is 5.54. The van der Waals surface area contributed by atoms with Crippen LogP contribution in [0.5, 0.6) is 0 Å². The van der Waals surface area contributed by atoms with Crippen LogP contribution in [-0.2, 0) is 21.3 Å². The number of benzene rings is 2. The first-order valence-electron chi connectivity index (χ1n) is 7.33. The van der Waals surface area contributed by atoms with Crippen molar-refractivity contribution in [2.75, 3.05) is 11.1 Å². The SMILES string of the molecule is Cc1ccc(CC(CS)C(=O)Nc2ccc(S(=O)(=O)[O-])cc2)cc1.[Na+]. The molecule has 1 amide bonds. The molecule has 0 aliphatic heterocycles. The molecule has 2 aromatic rings. The summed E-state index contributed by atoms with van der Waals surface area (Å²) in [6, 6.07) is 13.1. The Morgan fingerprint density at radius 2 is 1.68 bits per heavy atom. The van der Waals surface area contributed by atoms with E-state index in [1.165, 1.54) is 24.3 Å². The fourth-order valence-corrected chi connectivity index (χ4v) is 2.96. The summed E-state index contributed by atoms with van der Waals surface area (Å²) in [6.07, 6.45) is 0.558. The molecule has 0 bridgehead atoms. The van der Waals surface area contributed by atoms with Gasteiger partial charge in [0, 0.05) is 11.4 Å². The number of thiol groups is 1. The van der Waals surface area contributed by atoms with Crippen LogP contribution in [0.4, 0.5) is 5.69 Å². The predicted molar refractivity (Wildman–Crippen MR) is 95.3 cm³/mol. The van der Waals surface area contributed by atoms with Gasteiger partial charge in [-0.3, -0.25) is 4.79 Å². The first kappa shape index (κ1) is 22.2. The molecule has 0 radical (unpaired) electrons. The van der Waals surface area contributed by atoms with Crippen molar-refractivity contribution in [2.24, 2.45) is 5.92 Å². The predicted octanol–water partition coefficient (Wildman–Crippen LogP) is -0.370. The van der Waals surface area contributed by atoms with E-state index in [2.05, 4.69) is 17.9 Å². The smallest absolute Gasteiger partial charge is 0.744 e. The van der Waals surface area contributed by atoms with Gasteiger partial charge in [-0.05, 0) is 43.2 Å². The van der Waals surface area contributed by atoms with Crippen LogP contribution in [0.3, 0.4) is 0 Å². The molecule has 1 atom stereocenters. The average Bonchev–Trinajstić information content (AvgIpc) is 2.54. The summed E-state index contributed by atoms with van der Waals surface area (Å²) >= 11 is 4.24. The molecular formula is C17H18NNaO4S2. The Kier molecular flexibility index (Phi) is 8.67. The van der Waals surface area contributed by atoms with Crippen LogP contribution in [0.1, 0.15) is 11.1 Å². The van der Waals surface area contributed by atoms with Gasteiger partial charge in [0.15, 0.2) is 0 Å². The van der Waals surface area contributed by atoms with Gasteiger partial charge in [-0.25, -0.2) is 8.42 Å². The van der Waals surface area contributed by atoms with E-state index >= 15 is 0 Å². The van der Waals surface area contributed by atoms with Crippen LogP contribution in [-0.4, -0.2) is 24.6 Å². The summed E-state index contributed by atoms with van der Waals surface area (Å²) in [7, 11) is -4.49. The average molecular weight is 387 g/mol. The van der Waals surface area contributed by atoms with E-state index in [1.54, 1.807) is 0 Å². The van der Waals surface area contributed by atoms with Crippen LogP contribution in [0.2, 0.25) is 0 Å². The Morgan fingerprint density at radius 1 is 1.12 bits per heavy atom. The Bertz CT molecular complexity index is 806. The van der Waals surface area contributed by atoms with Crippen molar-refractivity contribution >= 4 is 34.3 Å². The van der Waals surface area contributed by atoms with Crippen molar-refractivity contribution in [3.63, 3.8) is 0 Å². The minimum atomic E-state index is -4.49. The van der Waals surface area contributed by atoms with Gasteiger partial charge in [-0.1, -0.05) is 29.8 Å². The molecule has 0 aliphatic rings. The third-order valence-corrected chi connectivity index (χ3v) is 4.89. The maximum absolute atomic E-state index is 12.4. The molecule has 0 aliphatic carbocycles. The molecule has 5 nitrogen and oxygen atoms in total. The summed E-state index contributed by atoms with van der Waals surface area (Å²) < 4.78 is 32.7. The molecule has 0 aromatic heterocycles. The van der Waals surface area contributed by atoms with Gasteiger partial charge in [-0.2, -0.15) is 12.6 Å². The van der Waals surface area contributed by atoms with Crippen LogP contribution in [0.25, 0.3) is 0 Å². The number of carbonyl (C=O) groups is 1. The Hall–Kier alpha value is -0.830. The van der Waals surface area contributed by atoms with Crippen molar-refractivity contribution in [3.8, 4) is 0 Å². The normalized spacial score (nSPS) is 12.1. The Balaban J connectivity index is 0.00000312. The molecule has 2 aromatic carbocycles. The molecule has 2 rings (SSSR count).